The maximum Gasteiger partial charge on any atom is 0.331 e. The molecular weight excluding hydrogens is 438 g/mol. The van der Waals surface area contributed by atoms with Crippen molar-refractivity contribution >= 4 is 23.7 Å². The zero-order valence-corrected chi connectivity index (χ0v) is 20.5. The Morgan fingerprint density at radius 3 is 2.44 bits per heavy atom. The average Bonchev–Trinajstić information content (AvgIpc) is 2.81. The van der Waals surface area contributed by atoms with E-state index in [1.54, 1.807) is 0 Å². The van der Waals surface area contributed by atoms with E-state index in [0.29, 0.717) is 0 Å². The van der Waals surface area contributed by atoms with Crippen molar-refractivity contribution in [3.8, 4) is 0 Å². The van der Waals surface area contributed by atoms with E-state index in [1.807, 2.05) is 44.2 Å². The first kappa shape index (κ1) is 27.3. The molecule has 1 aromatic rings. The fraction of sp³-hybridized carbons (Fsp3) is 0.600. The number of likely N-dealkylation sites (N-methyl/N-ethyl adjacent to an activating group) is 1. The lowest BCUT2D eigenvalue weighted by molar-refractivity contribution is -0.164. The number of ether oxygens (including phenoxy) is 1. The molecule has 0 bridgehead atoms. The Kier molecular flexibility index (Phi) is 10.5. The Labute approximate surface area is 201 Å². The predicted molar refractivity (Wildman–Crippen MR) is 127 cm³/mol. The van der Waals surface area contributed by atoms with Gasteiger partial charge in [0.25, 0.3) is 0 Å². The Balaban J connectivity index is 2.37. The highest BCUT2D eigenvalue weighted by Crippen LogP contribution is 2.20. The van der Waals surface area contributed by atoms with Crippen LogP contribution in [0, 0.1) is 5.92 Å². The van der Waals surface area contributed by atoms with Gasteiger partial charge in [0.05, 0.1) is 13.0 Å². The van der Waals surface area contributed by atoms with E-state index in [0.717, 1.165) is 29.7 Å². The van der Waals surface area contributed by atoms with Crippen molar-refractivity contribution in [2.24, 2.45) is 5.92 Å². The lowest BCUT2D eigenvalue weighted by Crippen LogP contribution is -2.55. The molecule has 0 saturated carbocycles. The summed E-state index contributed by atoms with van der Waals surface area (Å²) >= 11 is 0. The predicted octanol–water partition coefficient (Wildman–Crippen LogP) is 1.18. The fourth-order valence-electron chi connectivity index (χ4n) is 3.98. The Hall–Kier alpha value is -2.94. The van der Waals surface area contributed by atoms with E-state index in [2.05, 4.69) is 10.6 Å². The number of carbonyl (C=O) groups excluding carboxylic acids is 4. The van der Waals surface area contributed by atoms with Crippen LogP contribution in [0.15, 0.2) is 30.3 Å². The molecule has 2 rings (SSSR count). The lowest BCUT2D eigenvalue weighted by atomic mass is 9.95. The van der Waals surface area contributed by atoms with Gasteiger partial charge in [0.15, 0.2) is 6.04 Å². The second-order valence-corrected chi connectivity index (χ2v) is 8.99. The maximum absolute atomic E-state index is 13.1. The van der Waals surface area contributed by atoms with Gasteiger partial charge in [-0.25, -0.2) is 4.79 Å². The van der Waals surface area contributed by atoms with Crippen LogP contribution >= 0.6 is 0 Å². The summed E-state index contributed by atoms with van der Waals surface area (Å²) in [4.78, 5) is 52.9. The number of unbranched alkanes of at least 4 members (excludes halogenated alkanes) is 1. The van der Waals surface area contributed by atoms with Gasteiger partial charge in [-0.1, -0.05) is 57.0 Å². The number of aliphatic hydroxyl groups excluding tert-OH is 1. The number of hydrogen-bond acceptors (Lipinski definition) is 6. The molecule has 3 amide bonds. The molecule has 9 heteroatoms. The number of hydrogen-bond donors (Lipinski definition) is 3. The van der Waals surface area contributed by atoms with Crippen LogP contribution in [0.5, 0.6) is 0 Å². The van der Waals surface area contributed by atoms with Gasteiger partial charge in [-0.15, -0.1) is 0 Å². The molecule has 1 fully saturated rings. The van der Waals surface area contributed by atoms with Crippen LogP contribution in [0.2, 0.25) is 0 Å². The molecule has 9 nitrogen and oxygen atoms in total. The van der Waals surface area contributed by atoms with Crippen LogP contribution in [0.4, 0.5) is 0 Å². The molecule has 1 aromatic carbocycles. The molecular formula is C25H37N3O6. The van der Waals surface area contributed by atoms with Crippen molar-refractivity contribution in [3.05, 3.63) is 35.9 Å². The van der Waals surface area contributed by atoms with Crippen molar-refractivity contribution in [1.82, 2.24) is 15.5 Å². The summed E-state index contributed by atoms with van der Waals surface area (Å²) in [5.41, 5.74) is 0.850. The molecule has 0 spiro atoms. The number of nitrogens with one attached hydrogen (secondary N) is 2. The van der Waals surface area contributed by atoms with E-state index in [-0.39, 0.29) is 18.8 Å². The number of esters is 1. The third-order valence-corrected chi connectivity index (χ3v) is 6.23. The first-order valence-corrected chi connectivity index (χ1v) is 11.9. The lowest BCUT2D eigenvalue weighted by Gasteiger charge is -2.30. The van der Waals surface area contributed by atoms with E-state index in [4.69, 9.17) is 4.74 Å². The molecule has 1 aliphatic heterocycles. The number of amides is 3. The van der Waals surface area contributed by atoms with Gasteiger partial charge in [-0.2, -0.15) is 0 Å². The molecule has 5 atom stereocenters. The van der Waals surface area contributed by atoms with Crippen molar-refractivity contribution in [2.45, 2.75) is 77.1 Å². The first-order valence-electron chi connectivity index (χ1n) is 11.9. The summed E-state index contributed by atoms with van der Waals surface area (Å²) in [5.74, 6) is -2.39. The molecule has 0 unspecified atom stereocenters. The monoisotopic (exact) mass is 475 g/mol. The molecule has 0 aliphatic carbocycles. The fourth-order valence-corrected chi connectivity index (χ4v) is 3.98. The molecule has 1 aliphatic rings. The largest absolute Gasteiger partial charge is 0.460 e. The van der Waals surface area contributed by atoms with Crippen LogP contribution < -0.4 is 10.6 Å². The number of aliphatic hydroxyl groups is 1. The molecule has 3 N–H and O–H groups in total. The number of rotatable bonds is 7. The average molecular weight is 476 g/mol. The smallest absolute Gasteiger partial charge is 0.331 e. The quantitative estimate of drug-likeness (QED) is 0.509. The van der Waals surface area contributed by atoms with Gasteiger partial charge in [-0.05, 0) is 24.8 Å². The van der Waals surface area contributed by atoms with Crippen molar-refractivity contribution in [1.29, 1.82) is 0 Å². The van der Waals surface area contributed by atoms with Gasteiger partial charge < -0.3 is 25.4 Å². The molecule has 0 radical (unpaired) electrons. The van der Waals surface area contributed by atoms with Crippen LogP contribution in [0.25, 0.3) is 0 Å². The first-order chi connectivity index (χ1) is 16.2. The Bertz CT molecular complexity index is 846. The SMILES string of the molecule is CCCC[C@H](C)[C@H]1CC(=O)N[C@H](Cc2ccccc2)C(=O)N[C@H](C)C(=O)N(C)[C@@H](CO)C(=O)O1. The Morgan fingerprint density at radius 2 is 1.82 bits per heavy atom. The number of nitrogens with zero attached hydrogens (tertiary/aromatic N) is 1. The number of benzene rings is 1. The van der Waals surface area contributed by atoms with Crippen molar-refractivity contribution in [3.63, 3.8) is 0 Å². The summed E-state index contributed by atoms with van der Waals surface area (Å²) in [6, 6.07) is 6.12. The molecule has 34 heavy (non-hydrogen) atoms. The molecule has 1 saturated heterocycles. The third-order valence-electron chi connectivity index (χ3n) is 6.23. The highest BCUT2D eigenvalue weighted by atomic mass is 16.5. The zero-order chi connectivity index (χ0) is 25.3. The highest BCUT2D eigenvalue weighted by molar-refractivity contribution is 5.94. The molecule has 1 heterocycles. The normalized spacial score (nSPS) is 25.9. The van der Waals surface area contributed by atoms with Gasteiger partial charge in [0.1, 0.15) is 18.2 Å². The summed E-state index contributed by atoms with van der Waals surface area (Å²) in [7, 11) is 1.38. The van der Waals surface area contributed by atoms with Gasteiger partial charge in [0, 0.05) is 13.5 Å². The molecule has 0 aromatic heterocycles. The standard InChI is InChI=1S/C25H37N3O6/c1-5-6-10-16(2)21-14-22(30)27-19(13-18-11-8-7-9-12-18)23(31)26-17(3)24(32)28(4)20(15-29)25(33)34-21/h7-9,11-12,16-17,19-21,29H,5-6,10,13-15H2,1-4H3,(H,26,31)(H,27,30)/t16-,17+,19+,20-,21+/m0/s1. The van der Waals surface area contributed by atoms with E-state index < -0.39 is 54.5 Å². The maximum atomic E-state index is 13.1. The van der Waals surface area contributed by atoms with Crippen LogP contribution in [-0.4, -0.2) is 71.6 Å². The molecule has 188 valence electrons. The zero-order valence-electron chi connectivity index (χ0n) is 20.5. The van der Waals surface area contributed by atoms with E-state index >= 15 is 0 Å². The van der Waals surface area contributed by atoms with Crippen molar-refractivity contribution in [2.75, 3.05) is 13.7 Å². The minimum Gasteiger partial charge on any atom is -0.460 e. The summed E-state index contributed by atoms with van der Waals surface area (Å²) < 4.78 is 5.67. The van der Waals surface area contributed by atoms with Crippen LogP contribution in [-0.2, 0) is 30.3 Å². The van der Waals surface area contributed by atoms with Crippen molar-refractivity contribution < 1.29 is 29.0 Å². The van der Waals surface area contributed by atoms with E-state index in [1.165, 1.54) is 14.0 Å². The van der Waals surface area contributed by atoms with Gasteiger partial charge in [0.2, 0.25) is 17.7 Å². The van der Waals surface area contributed by atoms with E-state index in [9.17, 15) is 24.3 Å². The minimum absolute atomic E-state index is 0.124. The number of carbonyl (C=O) groups is 4. The summed E-state index contributed by atoms with van der Waals surface area (Å²) in [5, 5.41) is 15.2. The van der Waals surface area contributed by atoms with Gasteiger partial charge >= 0.3 is 5.97 Å². The second-order valence-electron chi connectivity index (χ2n) is 8.99. The third kappa shape index (κ3) is 7.55. The highest BCUT2D eigenvalue weighted by Gasteiger charge is 2.36. The summed E-state index contributed by atoms with van der Waals surface area (Å²) in [6.45, 7) is 4.80. The van der Waals surface area contributed by atoms with Crippen LogP contribution in [0.3, 0.4) is 0 Å². The van der Waals surface area contributed by atoms with Gasteiger partial charge in [-0.3, -0.25) is 14.4 Å². The van der Waals surface area contributed by atoms with Crippen LogP contribution in [0.1, 0.15) is 52.0 Å². The Morgan fingerprint density at radius 1 is 1.15 bits per heavy atom. The summed E-state index contributed by atoms with van der Waals surface area (Å²) in [6.07, 6.45) is 1.95. The topological polar surface area (TPSA) is 125 Å². The minimum atomic E-state index is -1.24. The second kappa shape index (κ2) is 13.1. The number of cyclic esters (lactones) is 1.